The van der Waals surface area contributed by atoms with Gasteiger partial charge in [-0.2, -0.15) is 0 Å². The standard InChI is InChI=1S/C12H24N4O2/c1-4-14-12(18)15-11(17)9(3)16-6-5-10(13)8(2)7-16/h8-10H,4-7,13H2,1-3H3,(H2,14,15,17,18). The Hall–Kier alpha value is -1.14. The Balaban J connectivity index is 2.46. The van der Waals surface area contributed by atoms with Gasteiger partial charge in [-0.25, -0.2) is 4.79 Å². The van der Waals surface area contributed by atoms with Crippen molar-refractivity contribution in [3.8, 4) is 0 Å². The first-order valence-corrected chi connectivity index (χ1v) is 6.54. The number of carbonyl (C=O) groups excluding carboxylic acids is 2. The van der Waals surface area contributed by atoms with E-state index in [1.54, 1.807) is 6.92 Å². The molecule has 3 amide bonds. The second-order valence-corrected chi connectivity index (χ2v) is 4.95. The predicted molar refractivity (Wildman–Crippen MR) is 70.0 cm³/mol. The summed E-state index contributed by atoms with van der Waals surface area (Å²) in [6, 6.07) is -0.529. The average molecular weight is 256 g/mol. The number of likely N-dealkylation sites (tertiary alicyclic amines) is 1. The van der Waals surface area contributed by atoms with Crippen molar-refractivity contribution in [1.29, 1.82) is 0 Å². The predicted octanol–water partition coefficient (Wildman–Crippen LogP) is -0.110. The second-order valence-electron chi connectivity index (χ2n) is 4.95. The van der Waals surface area contributed by atoms with Gasteiger partial charge in [-0.3, -0.25) is 15.0 Å². The molecule has 0 aromatic heterocycles. The summed E-state index contributed by atoms with van der Waals surface area (Å²) in [7, 11) is 0. The zero-order valence-electron chi connectivity index (χ0n) is 11.4. The number of carbonyl (C=O) groups is 2. The molecule has 0 aromatic carbocycles. The van der Waals surface area contributed by atoms with E-state index >= 15 is 0 Å². The van der Waals surface area contributed by atoms with E-state index in [2.05, 4.69) is 22.5 Å². The molecular weight excluding hydrogens is 232 g/mol. The third-order valence-electron chi connectivity index (χ3n) is 3.50. The summed E-state index contributed by atoms with van der Waals surface area (Å²) < 4.78 is 0. The molecule has 0 spiro atoms. The van der Waals surface area contributed by atoms with Crippen molar-refractivity contribution in [3.05, 3.63) is 0 Å². The Morgan fingerprint density at radius 3 is 2.72 bits per heavy atom. The highest BCUT2D eigenvalue weighted by molar-refractivity contribution is 5.96. The number of imide groups is 1. The lowest BCUT2D eigenvalue weighted by molar-refractivity contribution is -0.125. The number of nitrogens with two attached hydrogens (primary N) is 1. The molecule has 1 aliphatic heterocycles. The number of nitrogens with zero attached hydrogens (tertiary/aromatic N) is 1. The van der Waals surface area contributed by atoms with Gasteiger partial charge in [0.05, 0.1) is 6.04 Å². The molecule has 1 aliphatic rings. The summed E-state index contributed by atoms with van der Waals surface area (Å²) in [5.74, 6) is 0.113. The minimum Gasteiger partial charge on any atom is -0.338 e. The Labute approximate surface area is 108 Å². The second kappa shape index (κ2) is 6.70. The van der Waals surface area contributed by atoms with Gasteiger partial charge in [0.25, 0.3) is 0 Å². The highest BCUT2D eigenvalue weighted by Crippen LogP contribution is 2.17. The summed E-state index contributed by atoms with van der Waals surface area (Å²) in [4.78, 5) is 25.2. The fraction of sp³-hybridized carbons (Fsp3) is 0.833. The van der Waals surface area contributed by atoms with Crippen LogP contribution in [0.5, 0.6) is 0 Å². The molecule has 0 aromatic rings. The first-order valence-electron chi connectivity index (χ1n) is 6.54. The van der Waals surface area contributed by atoms with Gasteiger partial charge in [-0.05, 0) is 26.2 Å². The van der Waals surface area contributed by atoms with E-state index in [0.29, 0.717) is 12.5 Å². The van der Waals surface area contributed by atoms with E-state index in [1.165, 1.54) is 0 Å². The largest absolute Gasteiger partial charge is 0.338 e. The van der Waals surface area contributed by atoms with E-state index in [4.69, 9.17) is 5.73 Å². The molecule has 0 saturated carbocycles. The summed E-state index contributed by atoms with van der Waals surface area (Å²) in [5.41, 5.74) is 5.95. The van der Waals surface area contributed by atoms with Crippen LogP contribution in [0.2, 0.25) is 0 Å². The molecule has 1 heterocycles. The Morgan fingerprint density at radius 1 is 1.50 bits per heavy atom. The maximum atomic E-state index is 11.9. The number of hydrogen-bond acceptors (Lipinski definition) is 4. The number of urea groups is 1. The molecule has 104 valence electrons. The topological polar surface area (TPSA) is 87.5 Å². The van der Waals surface area contributed by atoms with Gasteiger partial charge in [-0.1, -0.05) is 6.92 Å². The van der Waals surface area contributed by atoms with Crippen molar-refractivity contribution in [3.63, 3.8) is 0 Å². The first-order chi connectivity index (χ1) is 8.45. The number of hydrogen-bond donors (Lipinski definition) is 3. The average Bonchev–Trinajstić information content (AvgIpc) is 2.32. The molecule has 4 N–H and O–H groups in total. The van der Waals surface area contributed by atoms with E-state index in [9.17, 15) is 9.59 Å². The van der Waals surface area contributed by atoms with Crippen LogP contribution in [0.4, 0.5) is 4.79 Å². The molecule has 0 aliphatic carbocycles. The molecule has 1 rings (SSSR count). The Kier molecular flexibility index (Phi) is 5.55. The zero-order valence-corrected chi connectivity index (χ0v) is 11.4. The highest BCUT2D eigenvalue weighted by atomic mass is 16.2. The molecule has 3 atom stereocenters. The van der Waals surface area contributed by atoms with Crippen molar-refractivity contribution < 1.29 is 9.59 Å². The zero-order chi connectivity index (χ0) is 13.7. The quantitative estimate of drug-likeness (QED) is 0.657. The fourth-order valence-electron chi connectivity index (χ4n) is 2.13. The molecule has 0 radical (unpaired) electrons. The summed E-state index contributed by atoms with van der Waals surface area (Å²) in [5, 5.41) is 4.88. The molecule has 0 bridgehead atoms. The first kappa shape index (κ1) is 14.9. The number of piperidine rings is 1. The summed E-state index contributed by atoms with van der Waals surface area (Å²) in [6.45, 7) is 7.81. The highest BCUT2D eigenvalue weighted by Gasteiger charge is 2.29. The number of nitrogens with one attached hydrogen (secondary N) is 2. The van der Waals surface area contributed by atoms with Crippen LogP contribution < -0.4 is 16.4 Å². The monoisotopic (exact) mass is 256 g/mol. The molecule has 1 fully saturated rings. The van der Waals surface area contributed by atoms with Gasteiger partial charge >= 0.3 is 6.03 Å². The third-order valence-corrected chi connectivity index (χ3v) is 3.50. The molecule has 3 unspecified atom stereocenters. The number of rotatable bonds is 3. The lowest BCUT2D eigenvalue weighted by Crippen LogP contribution is -2.55. The lowest BCUT2D eigenvalue weighted by Gasteiger charge is -2.37. The molecule has 1 saturated heterocycles. The molecular formula is C12H24N4O2. The smallest absolute Gasteiger partial charge is 0.321 e. The van der Waals surface area contributed by atoms with Gasteiger partial charge in [0.2, 0.25) is 5.91 Å². The summed E-state index contributed by atoms with van der Waals surface area (Å²) in [6.07, 6.45) is 0.889. The summed E-state index contributed by atoms with van der Waals surface area (Å²) >= 11 is 0. The van der Waals surface area contributed by atoms with Crippen LogP contribution in [-0.2, 0) is 4.79 Å². The molecule has 6 nitrogen and oxygen atoms in total. The van der Waals surface area contributed by atoms with E-state index in [-0.39, 0.29) is 18.0 Å². The fourth-order valence-corrected chi connectivity index (χ4v) is 2.13. The van der Waals surface area contributed by atoms with Gasteiger partial charge < -0.3 is 11.1 Å². The minimum atomic E-state index is -0.434. The van der Waals surface area contributed by atoms with Gasteiger partial charge in [0.15, 0.2) is 0 Å². The van der Waals surface area contributed by atoms with E-state index in [1.807, 2.05) is 6.92 Å². The SMILES string of the molecule is CCNC(=O)NC(=O)C(C)N1CCC(N)C(C)C1. The van der Waals surface area contributed by atoms with Crippen molar-refractivity contribution >= 4 is 11.9 Å². The van der Waals surface area contributed by atoms with Crippen LogP contribution in [0, 0.1) is 5.92 Å². The van der Waals surface area contributed by atoms with Gasteiger partial charge in [-0.15, -0.1) is 0 Å². The minimum absolute atomic E-state index is 0.208. The van der Waals surface area contributed by atoms with Crippen molar-refractivity contribution in [1.82, 2.24) is 15.5 Å². The number of amides is 3. The third kappa shape index (κ3) is 3.96. The lowest BCUT2D eigenvalue weighted by atomic mass is 9.94. The molecule has 18 heavy (non-hydrogen) atoms. The Bertz CT molecular complexity index is 308. The van der Waals surface area contributed by atoms with Crippen molar-refractivity contribution in [2.24, 2.45) is 11.7 Å². The maximum Gasteiger partial charge on any atom is 0.321 e. The van der Waals surface area contributed by atoms with Crippen molar-refractivity contribution in [2.45, 2.75) is 39.3 Å². The normalized spacial score (nSPS) is 26.4. The van der Waals surface area contributed by atoms with Crippen LogP contribution >= 0.6 is 0 Å². The Morgan fingerprint density at radius 2 is 2.17 bits per heavy atom. The maximum absolute atomic E-state index is 11.9. The van der Waals surface area contributed by atoms with Crippen LogP contribution in [-0.4, -0.2) is 48.6 Å². The van der Waals surface area contributed by atoms with Gasteiger partial charge in [0, 0.05) is 25.7 Å². The van der Waals surface area contributed by atoms with Crippen molar-refractivity contribution in [2.75, 3.05) is 19.6 Å². The van der Waals surface area contributed by atoms with E-state index in [0.717, 1.165) is 19.5 Å². The van der Waals surface area contributed by atoms with Gasteiger partial charge in [0.1, 0.15) is 0 Å². The van der Waals surface area contributed by atoms with Crippen LogP contribution in [0.1, 0.15) is 27.2 Å². The van der Waals surface area contributed by atoms with Crippen LogP contribution in [0.25, 0.3) is 0 Å². The van der Waals surface area contributed by atoms with E-state index < -0.39 is 6.03 Å². The van der Waals surface area contributed by atoms with Crippen LogP contribution in [0.15, 0.2) is 0 Å². The van der Waals surface area contributed by atoms with Crippen LogP contribution in [0.3, 0.4) is 0 Å². The molecule has 6 heteroatoms.